The monoisotopic (exact) mass is 663 g/mol. The second-order valence-corrected chi connectivity index (χ2v) is 15.5. The Labute approximate surface area is 285 Å². The topological polar surface area (TPSA) is 117 Å². The maximum atomic E-state index is 14.5. The van der Waals surface area contributed by atoms with Gasteiger partial charge in [0.15, 0.2) is 0 Å². The average Bonchev–Trinajstić information content (AvgIpc) is 3.51. The Morgan fingerprint density at radius 1 is 1.10 bits per heavy atom. The van der Waals surface area contributed by atoms with Gasteiger partial charge < -0.3 is 23.8 Å². The summed E-state index contributed by atoms with van der Waals surface area (Å²) in [7, 11) is 1.58. The Hall–Kier alpha value is -3.95. The van der Waals surface area contributed by atoms with Gasteiger partial charge in [-0.3, -0.25) is 9.59 Å². The molecule has 48 heavy (non-hydrogen) atoms. The molecule has 2 heterocycles. The largest absolute Gasteiger partial charge is 0.497 e. The first-order chi connectivity index (χ1) is 22.4. The van der Waals surface area contributed by atoms with Gasteiger partial charge in [0.25, 0.3) is 0 Å². The molecule has 262 valence electrons. The predicted octanol–water partition coefficient (Wildman–Crippen LogP) is 6.95. The molecule has 4 rings (SSSR count). The number of carbonyl (C=O) groups is 3. The lowest BCUT2D eigenvalue weighted by Crippen LogP contribution is -2.50. The van der Waals surface area contributed by atoms with E-state index in [1.54, 1.807) is 52.2 Å². The van der Waals surface area contributed by atoms with Gasteiger partial charge in [0.05, 0.1) is 37.0 Å². The Morgan fingerprint density at radius 3 is 2.42 bits per heavy atom. The molecule has 2 fully saturated rings. The van der Waals surface area contributed by atoms with Crippen LogP contribution < -0.4 is 9.47 Å². The van der Waals surface area contributed by atoms with Crippen LogP contribution >= 0.6 is 0 Å². The van der Waals surface area contributed by atoms with Gasteiger partial charge in [-0.25, -0.2) is 14.8 Å². The molecular formula is C38H53N3O7. The number of allylic oxidation sites excluding steroid dienone is 1. The van der Waals surface area contributed by atoms with Crippen LogP contribution in [0.5, 0.6) is 11.6 Å². The first kappa shape index (κ1) is 36.9. The van der Waals surface area contributed by atoms with Crippen molar-refractivity contribution < 1.29 is 33.3 Å². The number of hydrogen-bond donors (Lipinski definition) is 0. The molecule has 10 heteroatoms. The molecule has 0 spiro atoms. The molecule has 2 aliphatic rings. The number of esters is 2. The van der Waals surface area contributed by atoms with E-state index >= 15 is 0 Å². The van der Waals surface area contributed by atoms with Crippen LogP contribution in [0.25, 0.3) is 17.1 Å². The second kappa shape index (κ2) is 14.3. The van der Waals surface area contributed by atoms with Crippen molar-refractivity contribution in [1.82, 2.24) is 14.9 Å². The minimum absolute atomic E-state index is 0.0863. The molecule has 2 aromatic rings. The van der Waals surface area contributed by atoms with Crippen molar-refractivity contribution in [3.63, 3.8) is 0 Å². The lowest BCUT2D eigenvalue weighted by atomic mass is 9.77. The van der Waals surface area contributed by atoms with Gasteiger partial charge in [0.1, 0.15) is 34.8 Å². The van der Waals surface area contributed by atoms with Crippen LogP contribution in [0.1, 0.15) is 93.2 Å². The van der Waals surface area contributed by atoms with Crippen molar-refractivity contribution in [3.05, 3.63) is 43.1 Å². The van der Waals surface area contributed by atoms with Crippen LogP contribution in [0.4, 0.5) is 0 Å². The van der Waals surface area contributed by atoms with E-state index < -0.39 is 52.5 Å². The fourth-order valence-electron chi connectivity index (χ4n) is 6.46. The normalized spacial score (nSPS) is 24.5. The van der Waals surface area contributed by atoms with Gasteiger partial charge in [-0.2, -0.15) is 0 Å². The standard InChI is InChI=1S/C38H53N3O7/c1-12-14-15-16-24-21-38(24,10)47-31(42)20-26(36(4,5)6)34(43)41-22-30(23(3)32(41)35(44)48-37(7,8)9)46-33-27(13-2)39-28-18-17-25(45-11)19-29(28)40-33/h12-13,17-19,23-24,26,30,32H,1-2,14-16,20-22H2,3-11H3/t23-,24?,26-,30+,32+,38?/m1/s1. The number of carbonyl (C=O) groups excluding carboxylic acids is 3. The lowest BCUT2D eigenvalue weighted by Gasteiger charge is -2.35. The highest BCUT2D eigenvalue weighted by Gasteiger charge is 2.54. The molecule has 0 N–H and O–H groups in total. The van der Waals surface area contributed by atoms with Crippen LogP contribution in [0, 0.1) is 23.2 Å². The van der Waals surface area contributed by atoms with Crippen molar-refractivity contribution in [2.45, 2.75) is 111 Å². The van der Waals surface area contributed by atoms with E-state index in [0.29, 0.717) is 28.4 Å². The minimum atomic E-state index is -0.946. The summed E-state index contributed by atoms with van der Waals surface area (Å²) in [6.45, 7) is 22.7. The molecule has 1 saturated carbocycles. The summed E-state index contributed by atoms with van der Waals surface area (Å²) < 4.78 is 23.6. The molecule has 2 unspecified atom stereocenters. The Morgan fingerprint density at radius 2 is 1.81 bits per heavy atom. The highest BCUT2D eigenvalue weighted by Crippen LogP contribution is 2.50. The summed E-state index contributed by atoms with van der Waals surface area (Å²) in [6, 6.07) is 4.42. The number of methoxy groups -OCH3 is 1. The molecule has 1 aliphatic carbocycles. The zero-order valence-electron chi connectivity index (χ0n) is 30.1. The van der Waals surface area contributed by atoms with Gasteiger partial charge in [-0.05, 0) is 77.0 Å². The number of rotatable bonds is 13. The number of hydrogen-bond acceptors (Lipinski definition) is 9. The molecular weight excluding hydrogens is 610 g/mol. The Kier molecular flexibility index (Phi) is 11.0. The van der Waals surface area contributed by atoms with Crippen molar-refractivity contribution in [3.8, 4) is 11.6 Å². The molecule has 1 saturated heterocycles. The average molecular weight is 664 g/mol. The zero-order chi connectivity index (χ0) is 35.6. The molecule has 1 aliphatic heterocycles. The summed E-state index contributed by atoms with van der Waals surface area (Å²) >= 11 is 0. The van der Waals surface area contributed by atoms with E-state index in [1.165, 1.54) is 4.90 Å². The van der Waals surface area contributed by atoms with Crippen LogP contribution in [-0.4, -0.2) is 69.7 Å². The Balaban J connectivity index is 1.61. The Bertz CT molecular complexity index is 1540. The SMILES string of the molecule is C=CCCCC1CC1(C)OC(=O)C[C@H](C(=O)N1C[C@H](Oc2nc3cc(OC)ccc3nc2C=C)[C@@H](C)[C@H]1C(=O)OC(C)(C)C)C(C)(C)C. The summed E-state index contributed by atoms with van der Waals surface area (Å²) in [4.78, 5) is 52.6. The fraction of sp³-hybridized carbons (Fsp3) is 0.605. The van der Waals surface area contributed by atoms with Crippen LogP contribution in [0.15, 0.2) is 37.4 Å². The quantitative estimate of drug-likeness (QED) is 0.128. The number of amides is 1. The highest BCUT2D eigenvalue weighted by atomic mass is 16.6. The predicted molar refractivity (Wildman–Crippen MR) is 185 cm³/mol. The number of unbranched alkanes of at least 4 members (excludes halogenated alkanes) is 1. The van der Waals surface area contributed by atoms with Gasteiger partial charge in [-0.1, -0.05) is 40.3 Å². The number of nitrogens with zero attached hydrogens (tertiary/aromatic N) is 3. The second-order valence-electron chi connectivity index (χ2n) is 15.5. The molecule has 1 aromatic heterocycles. The summed E-state index contributed by atoms with van der Waals surface area (Å²) in [5, 5.41) is 0. The molecule has 6 atom stereocenters. The maximum absolute atomic E-state index is 14.5. The number of ether oxygens (including phenoxy) is 4. The number of likely N-dealkylation sites (tertiary alicyclic amines) is 1. The van der Waals surface area contributed by atoms with Gasteiger partial charge in [0.2, 0.25) is 11.8 Å². The fourth-order valence-corrected chi connectivity index (χ4v) is 6.46. The van der Waals surface area contributed by atoms with Gasteiger partial charge >= 0.3 is 11.9 Å². The van der Waals surface area contributed by atoms with E-state index in [1.807, 2.05) is 40.7 Å². The number of benzene rings is 1. The van der Waals surface area contributed by atoms with E-state index in [-0.39, 0.29) is 24.8 Å². The minimum Gasteiger partial charge on any atom is -0.497 e. The smallest absolute Gasteiger partial charge is 0.329 e. The number of aromatic nitrogens is 2. The van der Waals surface area contributed by atoms with E-state index in [2.05, 4.69) is 18.1 Å². The van der Waals surface area contributed by atoms with Crippen LogP contribution in [-0.2, 0) is 23.9 Å². The van der Waals surface area contributed by atoms with Gasteiger partial charge in [0, 0.05) is 17.9 Å². The summed E-state index contributed by atoms with van der Waals surface area (Å²) in [5.74, 6) is -1.34. The van der Waals surface area contributed by atoms with E-state index in [9.17, 15) is 14.4 Å². The first-order valence-electron chi connectivity index (χ1n) is 16.9. The molecule has 0 bridgehead atoms. The van der Waals surface area contributed by atoms with Gasteiger partial charge in [-0.15, -0.1) is 6.58 Å². The summed E-state index contributed by atoms with van der Waals surface area (Å²) in [6.07, 6.45) is 6.43. The first-order valence-corrected chi connectivity index (χ1v) is 16.9. The molecule has 0 radical (unpaired) electrons. The molecule has 1 amide bonds. The summed E-state index contributed by atoms with van der Waals surface area (Å²) in [5.41, 5.74) is -0.260. The highest BCUT2D eigenvalue weighted by molar-refractivity contribution is 5.90. The number of fused-ring (bicyclic) bond motifs is 1. The third-order valence-electron chi connectivity index (χ3n) is 9.43. The van der Waals surface area contributed by atoms with Crippen molar-refractivity contribution >= 4 is 35.0 Å². The third kappa shape index (κ3) is 8.55. The molecule has 1 aromatic carbocycles. The van der Waals surface area contributed by atoms with Crippen LogP contribution in [0.2, 0.25) is 0 Å². The zero-order valence-corrected chi connectivity index (χ0v) is 30.1. The lowest BCUT2D eigenvalue weighted by molar-refractivity contribution is -0.167. The van der Waals surface area contributed by atoms with Crippen molar-refractivity contribution in [2.75, 3.05) is 13.7 Å². The van der Waals surface area contributed by atoms with Crippen molar-refractivity contribution in [1.29, 1.82) is 0 Å². The third-order valence-corrected chi connectivity index (χ3v) is 9.43. The van der Waals surface area contributed by atoms with E-state index in [4.69, 9.17) is 23.9 Å². The van der Waals surface area contributed by atoms with Crippen LogP contribution in [0.3, 0.4) is 0 Å². The van der Waals surface area contributed by atoms with E-state index in [0.717, 1.165) is 25.7 Å². The maximum Gasteiger partial charge on any atom is 0.329 e. The van der Waals surface area contributed by atoms with Crippen molar-refractivity contribution in [2.24, 2.45) is 23.2 Å². The molecule has 10 nitrogen and oxygen atoms in total.